The Hall–Kier alpha value is -1.79. The number of hydrogen-bond acceptors (Lipinski definition) is 4. The van der Waals surface area contributed by atoms with Crippen LogP contribution in [0, 0.1) is 5.82 Å². The lowest BCUT2D eigenvalue weighted by molar-refractivity contribution is 0.0740. The smallest absolute Gasteiger partial charge is 0.273 e. The van der Waals surface area contributed by atoms with Crippen LogP contribution in [0.5, 0.6) is 0 Å². The maximum absolute atomic E-state index is 13.1. The molecule has 2 heterocycles. The first-order valence-corrected chi connectivity index (χ1v) is 8.67. The van der Waals surface area contributed by atoms with E-state index in [2.05, 4.69) is 11.9 Å². The van der Waals surface area contributed by atoms with E-state index in [9.17, 15) is 9.18 Å². The molecule has 6 heteroatoms. The summed E-state index contributed by atoms with van der Waals surface area (Å²) in [5.74, 6) is -0.0130. The minimum Gasteiger partial charge on any atom is -0.334 e. The highest BCUT2D eigenvalue weighted by Crippen LogP contribution is 2.32. The van der Waals surface area contributed by atoms with Crippen molar-refractivity contribution in [1.29, 1.82) is 0 Å². The topological polar surface area (TPSA) is 59.2 Å². The lowest BCUT2D eigenvalue weighted by Gasteiger charge is -2.20. The van der Waals surface area contributed by atoms with Gasteiger partial charge in [-0.1, -0.05) is 12.1 Å². The molecule has 0 aliphatic carbocycles. The second-order valence-electron chi connectivity index (χ2n) is 5.96. The van der Waals surface area contributed by atoms with Crippen LogP contribution in [0.3, 0.4) is 0 Å². The fourth-order valence-corrected chi connectivity index (χ4v) is 3.87. The van der Waals surface area contributed by atoms with E-state index in [1.165, 1.54) is 23.5 Å². The summed E-state index contributed by atoms with van der Waals surface area (Å²) in [5, 5.41) is 2.71. The first-order chi connectivity index (χ1) is 11.1. The molecule has 2 unspecified atom stereocenters. The number of nitrogens with zero attached hydrogens (tertiary/aromatic N) is 2. The SMILES string of the molecule is CC1CC(c2ccc(F)cc2)CN1C(=O)c1csc(CCN)n1. The molecule has 0 bridgehead atoms. The third-order valence-electron chi connectivity index (χ3n) is 4.31. The number of halogens is 1. The van der Waals surface area contributed by atoms with Gasteiger partial charge in [-0.3, -0.25) is 4.79 Å². The van der Waals surface area contributed by atoms with E-state index < -0.39 is 0 Å². The maximum atomic E-state index is 13.1. The summed E-state index contributed by atoms with van der Waals surface area (Å²) in [4.78, 5) is 18.9. The van der Waals surface area contributed by atoms with Crippen molar-refractivity contribution in [3.8, 4) is 0 Å². The number of amides is 1. The fourth-order valence-electron chi connectivity index (χ4n) is 3.08. The summed E-state index contributed by atoms with van der Waals surface area (Å²) in [7, 11) is 0. The van der Waals surface area contributed by atoms with Crippen LogP contribution in [-0.4, -0.2) is 34.9 Å². The van der Waals surface area contributed by atoms with Gasteiger partial charge in [0.2, 0.25) is 0 Å². The molecule has 1 aromatic heterocycles. The lowest BCUT2D eigenvalue weighted by atomic mass is 9.97. The maximum Gasteiger partial charge on any atom is 0.273 e. The van der Waals surface area contributed by atoms with Crippen molar-refractivity contribution in [2.75, 3.05) is 13.1 Å². The van der Waals surface area contributed by atoms with Gasteiger partial charge in [0.15, 0.2) is 0 Å². The number of nitrogens with two attached hydrogens (primary N) is 1. The average molecular weight is 333 g/mol. The summed E-state index contributed by atoms with van der Waals surface area (Å²) >= 11 is 1.48. The van der Waals surface area contributed by atoms with Gasteiger partial charge in [-0.05, 0) is 37.6 Å². The number of aromatic nitrogens is 1. The molecule has 2 N–H and O–H groups in total. The van der Waals surface area contributed by atoms with Gasteiger partial charge in [-0.15, -0.1) is 11.3 Å². The summed E-state index contributed by atoms with van der Waals surface area (Å²) in [5.41, 5.74) is 7.11. The van der Waals surface area contributed by atoms with Crippen LogP contribution in [0.4, 0.5) is 4.39 Å². The van der Waals surface area contributed by atoms with E-state index in [1.807, 2.05) is 22.4 Å². The summed E-state index contributed by atoms with van der Waals surface area (Å²) < 4.78 is 13.1. The van der Waals surface area contributed by atoms with Crippen LogP contribution in [0.2, 0.25) is 0 Å². The van der Waals surface area contributed by atoms with Crippen LogP contribution >= 0.6 is 11.3 Å². The minimum absolute atomic E-state index is 0.0263. The van der Waals surface area contributed by atoms with Crippen molar-refractivity contribution in [2.45, 2.75) is 31.7 Å². The van der Waals surface area contributed by atoms with Gasteiger partial charge in [-0.2, -0.15) is 0 Å². The molecule has 1 aliphatic rings. The molecule has 1 amide bonds. The number of likely N-dealkylation sites (tertiary alicyclic amines) is 1. The highest BCUT2D eigenvalue weighted by molar-refractivity contribution is 7.09. The second kappa shape index (κ2) is 6.76. The standard InChI is InChI=1S/C17H20FN3OS/c1-11-8-13(12-2-4-14(18)5-3-12)9-21(11)17(22)15-10-23-16(20-15)6-7-19/h2-5,10-11,13H,6-9,19H2,1H3. The third-order valence-corrected chi connectivity index (χ3v) is 5.21. The van der Waals surface area contributed by atoms with Crippen LogP contribution in [0.25, 0.3) is 0 Å². The Morgan fingerprint density at radius 2 is 2.17 bits per heavy atom. The monoisotopic (exact) mass is 333 g/mol. The van der Waals surface area contributed by atoms with Crippen molar-refractivity contribution in [3.05, 3.63) is 51.7 Å². The van der Waals surface area contributed by atoms with Gasteiger partial charge < -0.3 is 10.6 Å². The van der Waals surface area contributed by atoms with E-state index in [4.69, 9.17) is 5.73 Å². The molecule has 1 saturated heterocycles. The van der Waals surface area contributed by atoms with Gasteiger partial charge in [0.05, 0.1) is 5.01 Å². The predicted molar refractivity (Wildman–Crippen MR) is 89.1 cm³/mol. The number of hydrogen-bond donors (Lipinski definition) is 1. The zero-order valence-corrected chi connectivity index (χ0v) is 13.9. The Bertz CT molecular complexity index is 685. The molecule has 4 nitrogen and oxygen atoms in total. The average Bonchev–Trinajstić information content (AvgIpc) is 3.15. The number of carbonyl (C=O) groups excluding carboxylic acids is 1. The summed E-state index contributed by atoms with van der Waals surface area (Å²) in [6.45, 7) is 3.23. The molecule has 122 valence electrons. The highest BCUT2D eigenvalue weighted by atomic mass is 32.1. The third kappa shape index (κ3) is 3.43. The van der Waals surface area contributed by atoms with Gasteiger partial charge in [0, 0.05) is 30.3 Å². The fraction of sp³-hybridized carbons (Fsp3) is 0.412. The van der Waals surface area contributed by atoms with Crippen LogP contribution in [0.1, 0.15) is 40.3 Å². The van der Waals surface area contributed by atoms with Crippen molar-refractivity contribution in [2.24, 2.45) is 5.73 Å². The van der Waals surface area contributed by atoms with Crippen molar-refractivity contribution in [3.63, 3.8) is 0 Å². The van der Waals surface area contributed by atoms with E-state index >= 15 is 0 Å². The first-order valence-electron chi connectivity index (χ1n) is 7.79. The molecule has 1 aliphatic heterocycles. The minimum atomic E-state index is -0.234. The van der Waals surface area contributed by atoms with Crippen molar-refractivity contribution in [1.82, 2.24) is 9.88 Å². The molecule has 0 saturated carbocycles. The zero-order chi connectivity index (χ0) is 16.4. The summed E-state index contributed by atoms with van der Waals surface area (Å²) in [6, 6.07) is 6.72. The second-order valence-corrected chi connectivity index (χ2v) is 6.90. The Kier molecular flexibility index (Phi) is 4.73. The number of carbonyl (C=O) groups is 1. The highest BCUT2D eigenvalue weighted by Gasteiger charge is 2.34. The van der Waals surface area contributed by atoms with Gasteiger partial charge >= 0.3 is 0 Å². The molecule has 1 fully saturated rings. The largest absolute Gasteiger partial charge is 0.334 e. The Morgan fingerprint density at radius 1 is 1.43 bits per heavy atom. The molecule has 3 rings (SSSR count). The molecule has 1 aromatic carbocycles. The van der Waals surface area contributed by atoms with Crippen LogP contribution in [0.15, 0.2) is 29.6 Å². The Balaban J connectivity index is 1.72. The zero-order valence-electron chi connectivity index (χ0n) is 13.0. The van der Waals surface area contributed by atoms with Crippen LogP contribution in [-0.2, 0) is 6.42 Å². The van der Waals surface area contributed by atoms with Gasteiger partial charge in [0.25, 0.3) is 5.91 Å². The van der Waals surface area contributed by atoms with Gasteiger partial charge in [0.1, 0.15) is 11.5 Å². The van der Waals surface area contributed by atoms with E-state index in [1.54, 1.807) is 0 Å². The lowest BCUT2D eigenvalue weighted by Crippen LogP contribution is -2.34. The molecular weight excluding hydrogens is 313 g/mol. The quantitative estimate of drug-likeness (QED) is 0.936. The molecule has 0 radical (unpaired) electrons. The van der Waals surface area contributed by atoms with Crippen LogP contribution < -0.4 is 5.73 Å². The van der Waals surface area contributed by atoms with E-state index in [0.29, 0.717) is 25.2 Å². The molecule has 23 heavy (non-hydrogen) atoms. The Labute approximate surface area is 139 Å². The number of thiazole rings is 1. The molecular formula is C17H20FN3OS. The predicted octanol–water partition coefficient (Wildman–Crippen LogP) is 2.80. The number of rotatable bonds is 4. The normalized spacial score (nSPS) is 20.9. The van der Waals surface area contributed by atoms with E-state index in [0.717, 1.165) is 17.0 Å². The van der Waals surface area contributed by atoms with Crippen molar-refractivity contribution < 1.29 is 9.18 Å². The van der Waals surface area contributed by atoms with E-state index in [-0.39, 0.29) is 23.7 Å². The van der Waals surface area contributed by atoms with Crippen molar-refractivity contribution >= 4 is 17.2 Å². The summed E-state index contributed by atoms with van der Waals surface area (Å²) in [6.07, 6.45) is 1.59. The van der Waals surface area contributed by atoms with Gasteiger partial charge in [-0.25, -0.2) is 9.37 Å². The Morgan fingerprint density at radius 3 is 2.87 bits per heavy atom. The first kappa shape index (κ1) is 16.1. The molecule has 2 aromatic rings. The molecule has 0 spiro atoms. The number of benzene rings is 1. The molecule has 2 atom stereocenters.